The van der Waals surface area contributed by atoms with E-state index in [2.05, 4.69) is 11.9 Å². The van der Waals surface area contributed by atoms with Crippen molar-refractivity contribution in [3.05, 3.63) is 42.5 Å². The first-order chi connectivity index (χ1) is 9.11. The molecule has 0 spiro atoms. The Hall–Kier alpha value is -1.33. The molecule has 0 bridgehead atoms. The minimum atomic E-state index is -2.83. The largest absolute Gasteiger partial charge is 0.489 e. The molecule has 104 valence electrons. The predicted octanol–water partition coefficient (Wildman–Crippen LogP) is 1.53. The molecule has 0 amide bonds. The second-order valence-corrected chi connectivity index (χ2v) is 6.92. The van der Waals surface area contributed by atoms with Gasteiger partial charge in [0.15, 0.2) is 9.84 Å². The summed E-state index contributed by atoms with van der Waals surface area (Å²) in [5.74, 6) is 1.35. The van der Waals surface area contributed by atoms with Crippen molar-refractivity contribution in [1.29, 1.82) is 0 Å². The number of benzene rings is 1. The summed E-state index contributed by atoms with van der Waals surface area (Å²) in [4.78, 5) is 0. The van der Waals surface area contributed by atoms with Crippen LogP contribution in [0.2, 0.25) is 0 Å². The van der Waals surface area contributed by atoms with Crippen molar-refractivity contribution >= 4 is 9.84 Å². The molecule has 1 atom stereocenters. The smallest absolute Gasteiger partial charge is 0.151 e. The third kappa shape index (κ3) is 4.08. The van der Waals surface area contributed by atoms with Crippen LogP contribution in [0.25, 0.3) is 0 Å². The molecule has 5 heteroatoms. The zero-order valence-corrected chi connectivity index (χ0v) is 11.7. The summed E-state index contributed by atoms with van der Waals surface area (Å²) in [6.07, 6.45) is 2.39. The van der Waals surface area contributed by atoms with Gasteiger partial charge in [0.1, 0.15) is 12.4 Å². The highest BCUT2D eigenvalue weighted by molar-refractivity contribution is 7.91. The Morgan fingerprint density at radius 2 is 2.21 bits per heavy atom. The Balaban J connectivity index is 1.94. The molecule has 1 aliphatic heterocycles. The average Bonchev–Trinajstić information content (AvgIpc) is 2.74. The van der Waals surface area contributed by atoms with E-state index in [-0.39, 0.29) is 11.8 Å². The highest BCUT2D eigenvalue weighted by Crippen LogP contribution is 2.19. The lowest BCUT2D eigenvalue weighted by atomic mass is 10.2. The van der Waals surface area contributed by atoms with Crippen LogP contribution in [0.15, 0.2) is 36.9 Å². The molecular formula is C14H19NO3S. The first-order valence-electron chi connectivity index (χ1n) is 6.36. The van der Waals surface area contributed by atoms with Gasteiger partial charge in [0.2, 0.25) is 0 Å². The number of hydrogen-bond donors (Lipinski definition) is 1. The van der Waals surface area contributed by atoms with E-state index in [1.807, 2.05) is 24.3 Å². The van der Waals surface area contributed by atoms with E-state index in [0.717, 1.165) is 11.3 Å². The summed E-state index contributed by atoms with van der Waals surface area (Å²) < 4.78 is 28.3. The fourth-order valence-corrected chi connectivity index (χ4v) is 3.86. The summed E-state index contributed by atoms with van der Waals surface area (Å²) in [7, 11) is -2.83. The first kappa shape index (κ1) is 14.1. The minimum Gasteiger partial charge on any atom is -0.489 e. The normalized spacial score (nSPS) is 21.2. The van der Waals surface area contributed by atoms with Crippen molar-refractivity contribution in [1.82, 2.24) is 5.32 Å². The lowest BCUT2D eigenvalue weighted by Gasteiger charge is -2.14. The van der Waals surface area contributed by atoms with Gasteiger partial charge in [-0.25, -0.2) is 8.42 Å². The molecule has 4 nitrogen and oxygen atoms in total. The second-order valence-electron chi connectivity index (χ2n) is 4.69. The summed E-state index contributed by atoms with van der Waals surface area (Å²) in [5, 5.41) is 3.29. The maximum absolute atomic E-state index is 11.4. The Labute approximate surface area is 114 Å². The summed E-state index contributed by atoms with van der Waals surface area (Å²) in [6, 6.07) is 7.81. The van der Waals surface area contributed by atoms with Crippen LogP contribution >= 0.6 is 0 Å². The van der Waals surface area contributed by atoms with Crippen molar-refractivity contribution in [2.75, 3.05) is 18.1 Å². The monoisotopic (exact) mass is 281 g/mol. The maximum Gasteiger partial charge on any atom is 0.151 e. The van der Waals surface area contributed by atoms with Crippen LogP contribution in [0.1, 0.15) is 12.0 Å². The van der Waals surface area contributed by atoms with Crippen LogP contribution in [0.3, 0.4) is 0 Å². The van der Waals surface area contributed by atoms with Gasteiger partial charge in [-0.15, -0.1) is 0 Å². The first-order valence-corrected chi connectivity index (χ1v) is 8.18. The Kier molecular flexibility index (Phi) is 4.61. The number of ether oxygens (including phenoxy) is 1. The number of rotatable bonds is 6. The van der Waals surface area contributed by atoms with Crippen LogP contribution in [-0.2, 0) is 16.4 Å². The van der Waals surface area contributed by atoms with E-state index < -0.39 is 9.84 Å². The molecule has 0 radical (unpaired) electrons. The molecule has 1 aliphatic rings. The average molecular weight is 281 g/mol. The fraction of sp³-hybridized carbons (Fsp3) is 0.429. The van der Waals surface area contributed by atoms with Gasteiger partial charge >= 0.3 is 0 Å². The molecule has 1 heterocycles. The summed E-state index contributed by atoms with van der Waals surface area (Å²) in [6.45, 7) is 4.71. The minimum absolute atomic E-state index is 0.0532. The van der Waals surface area contributed by atoms with Gasteiger partial charge in [0, 0.05) is 18.2 Å². The molecule has 1 unspecified atom stereocenters. The Morgan fingerprint density at radius 1 is 1.42 bits per heavy atom. The van der Waals surface area contributed by atoms with E-state index in [4.69, 9.17) is 4.74 Å². The van der Waals surface area contributed by atoms with E-state index in [1.165, 1.54) is 0 Å². The zero-order valence-electron chi connectivity index (χ0n) is 10.8. The number of sulfone groups is 1. The maximum atomic E-state index is 11.4. The summed E-state index contributed by atoms with van der Waals surface area (Å²) >= 11 is 0. The second kappa shape index (κ2) is 6.21. The van der Waals surface area contributed by atoms with Crippen LogP contribution in [0.5, 0.6) is 5.75 Å². The molecule has 1 aromatic carbocycles. The van der Waals surface area contributed by atoms with Crippen LogP contribution < -0.4 is 10.1 Å². The molecular weight excluding hydrogens is 262 g/mol. The van der Waals surface area contributed by atoms with Crippen LogP contribution in [0.4, 0.5) is 0 Å². The van der Waals surface area contributed by atoms with Crippen molar-refractivity contribution in [3.8, 4) is 5.75 Å². The van der Waals surface area contributed by atoms with Crippen LogP contribution in [0, 0.1) is 0 Å². The van der Waals surface area contributed by atoms with Gasteiger partial charge in [-0.3, -0.25) is 0 Å². The third-order valence-corrected chi connectivity index (χ3v) is 4.91. The van der Waals surface area contributed by atoms with Gasteiger partial charge in [0.05, 0.1) is 11.5 Å². The van der Waals surface area contributed by atoms with Crippen molar-refractivity contribution in [3.63, 3.8) is 0 Å². The summed E-state index contributed by atoms with van der Waals surface area (Å²) in [5.41, 5.74) is 1.04. The topological polar surface area (TPSA) is 55.4 Å². The quantitative estimate of drug-likeness (QED) is 0.803. The number of nitrogens with one attached hydrogen (secondary N) is 1. The standard InChI is InChI=1S/C14H19NO3S/c1-2-8-18-14-6-4-3-5-12(14)10-15-13-7-9-19(16,17)11-13/h2-6,13,15H,1,7-11H2. The van der Waals surface area contributed by atoms with E-state index in [1.54, 1.807) is 6.08 Å². The van der Waals surface area contributed by atoms with Gasteiger partial charge in [-0.1, -0.05) is 30.9 Å². The lowest BCUT2D eigenvalue weighted by molar-refractivity contribution is 0.357. The third-order valence-electron chi connectivity index (χ3n) is 3.14. The number of hydrogen-bond acceptors (Lipinski definition) is 4. The number of para-hydroxylation sites is 1. The molecule has 0 saturated carbocycles. The van der Waals surface area contributed by atoms with Gasteiger partial charge in [0.25, 0.3) is 0 Å². The molecule has 19 heavy (non-hydrogen) atoms. The highest BCUT2D eigenvalue weighted by Gasteiger charge is 2.27. The molecule has 1 aromatic rings. The fourth-order valence-electron chi connectivity index (χ4n) is 2.15. The molecule has 1 N–H and O–H groups in total. The van der Waals surface area contributed by atoms with E-state index in [0.29, 0.717) is 25.3 Å². The molecule has 1 saturated heterocycles. The Bertz CT molecular complexity index is 539. The lowest BCUT2D eigenvalue weighted by Crippen LogP contribution is -2.29. The van der Waals surface area contributed by atoms with Gasteiger partial charge in [-0.2, -0.15) is 0 Å². The Morgan fingerprint density at radius 3 is 2.89 bits per heavy atom. The molecule has 1 fully saturated rings. The van der Waals surface area contributed by atoms with E-state index >= 15 is 0 Å². The van der Waals surface area contributed by atoms with Gasteiger partial charge in [-0.05, 0) is 12.5 Å². The van der Waals surface area contributed by atoms with Crippen molar-refractivity contribution in [2.24, 2.45) is 0 Å². The highest BCUT2D eigenvalue weighted by atomic mass is 32.2. The SMILES string of the molecule is C=CCOc1ccccc1CNC1CCS(=O)(=O)C1. The van der Waals surface area contributed by atoms with Gasteiger partial charge < -0.3 is 10.1 Å². The predicted molar refractivity (Wildman–Crippen MR) is 76.0 cm³/mol. The molecule has 0 aromatic heterocycles. The molecule has 2 rings (SSSR count). The van der Waals surface area contributed by atoms with E-state index in [9.17, 15) is 8.42 Å². The van der Waals surface area contributed by atoms with Crippen molar-refractivity contribution in [2.45, 2.75) is 19.0 Å². The zero-order chi connectivity index (χ0) is 13.7. The van der Waals surface area contributed by atoms with Crippen molar-refractivity contribution < 1.29 is 13.2 Å². The van der Waals surface area contributed by atoms with Crippen LogP contribution in [-0.4, -0.2) is 32.6 Å². The molecule has 0 aliphatic carbocycles.